The predicted octanol–water partition coefficient (Wildman–Crippen LogP) is 1.23. The molecule has 6 heteroatoms. The molecule has 1 fully saturated rings. The fourth-order valence-corrected chi connectivity index (χ4v) is 1.45. The smallest absolute Gasteiger partial charge is 0.401 e. The van der Waals surface area contributed by atoms with Crippen LogP contribution in [0.25, 0.3) is 0 Å². The Hall–Kier alpha value is -0.780. The van der Waals surface area contributed by atoms with Gasteiger partial charge in [-0.25, -0.2) is 0 Å². The molecule has 1 aliphatic rings. The third-order valence-electron chi connectivity index (χ3n) is 2.41. The number of alkyl halides is 3. The SMILES string of the molecule is COC(=O)C1(NCC(F)(F)F)CCC1. The van der Waals surface area contributed by atoms with Gasteiger partial charge < -0.3 is 4.74 Å². The summed E-state index contributed by atoms with van der Waals surface area (Å²) >= 11 is 0. The third-order valence-corrected chi connectivity index (χ3v) is 2.41. The molecule has 0 radical (unpaired) electrons. The largest absolute Gasteiger partial charge is 0.468 e. The van der Waals surface area contributed by atoms with Crippen LogP contribution in [-0.2, 0) is 9.53 Å². The fraction of sp³-hybridized carbons (Fsp3) is 0.875. The maximum atomic E-state index is 11.9. The van der Waals surface area contributed by atoms with E-state index in [9.17, 15) is 18.0 Å². The Kier molecular flexibility index (Phi) is 3.04. The van der Waals surface area contributed by atoms with Crippen molar-refractivity contribution in [2.24, 2.45) is 0 Å². The number of carbonyl (C=O) groups is 1. The lowest BCUT2D eigenvalue weighted by Crippen LogP contribution is -2.59. The van der Waals surface area contributed by atoms with Crippen LogP contribution in [0.2, 0.25) is 0 Å². The van der Waals surface area contributed by atoms with Gasteiger partial charge in [0.2, 0.25) is 0 Å². The van der Waals surface area contributed by atoms with E-state index in [2.05, 4.69) is 10.1 Å². The molecule has 0 aromatic rings. The van der Waals surface area contributed by atoms with Gasteiger partial charge >= 0.3 is 12.1 Å². The molecule has 3 nitrogen and oxygen atoms in total. The lowest BCUT2D eigenvalue weighted by Gasteiger charge is -2.39. The first-order valence-corrected chi connectivity index (χ1v) is 4.30. The van der Waals surface area contributed by atoms with Gasteiger partial charge in [-0.1, -0.05) is 0 Å². The number of halogens is 3. The zero-order chi connectivity index (χ0) is 10.8. The van der Waals surface area contributed by atoms with Crippen LogP contribution in [0.4, 0.5) is 13.2 Å². The van der Waals surface area contributed by atoms with Gasteiger partial charge in [0.1, 0.15) is 5.54 Å². The minimum atomic E-state index is -4.30. The molecule has 14 heavy (non-hydrogen) atoms. The number of hydrogen-bond donors (Lipinski definition) is 1. The third kappa shape index (κ3) is 2.37. The summed E-state index contributed by atoms with van der Waals surface area (Å²) in [6, 6.07) is 0. The van der Waals surface area contributed by atoms with Gasteiger partial charge in [-0.3, -0.25) is 10.1 Å². The number of carbonyl (C=O) groups excluding carboxylic acids is 1. The molecule has 0 aliphatic heterocycles. The molecule has 0 amide bonds. The zero-order valence-electron chi connectivity index (χ0n) is 7.78. The van der Waals surface area contributed by atoms with Crippen molar-refractivity contribution in [3.05, 3.63) is 0 Å². The highest BCUT2D eigenvalue weighted by Crippen LogP contribution is 2.33. The number of nitrogens with one attached hydrogen (secondary N) is 1. The van der Waals surface area contributed by atoms with E-state index in [1.165, 1.54) is 7.11 Å². The molecule has 0 bridgehead atoms. The summed E-state index contributed by atoms with van der Waals surface area (Å²) in [7, 11) is 1.18. The maximum Gasteiger partial charge on any atom is 0.401 e. The van der Waals surface area contributed by atoms with E-state index in [0.29, 0.717) is 12.8 Å². The standard InChI is InChI=1S/C8H12F3NO2/c1-14-6(13)7(3-2-4-7)12-5-8(9,10)11/h12H,2-5H2,1H3. The average molecular weight is 211 g/mol. The van der Waals surface area contributed by atoms with E-state index >= 15 is 0 Å². The molecule has 0 unspecified atom stereocenters. The first-order valence-electron chi connectivity index (χ1n) is 4.30. The molecule has 0 atom stereocenters. The van der Waals surface area contributed by atoms with Crippen molar-refractivity contribution in [1.29, 1.82) is 0 Å². The summed E-state index contributed by atoms with van der Waals surface area (Å²) in [5.41, 5.74) is -1.09. The van der Waals surface area contributed by atoms with Gasteiger partial charge in [-0.15, -0.1) is 0 Å². The number of methoxy groups -OCH3 is 1. The van der Waals surface area contributed by atoms with E-state index in [-0.39, 0.29) is 0 Å². The van der Waals surface area contributed by atoms with E-state index in [0.717, 1.165) is 6.42 Å². The summed E-state index contributed by atoms with van der Waals surface area (Å²) in [5, 5.41) is 2.22. The average Bonchev–Trinajstić information content (AvgIpc) is 1.99. The molecule has 1 saturated carbocycles. The van der Waals surface area contributed by atoms with Gasteiger partial charge in [0.25, 0.3) is 0 Å². The maximum absolute atomic E-state index is 11.9. The Bertz CT molecular complexity index is 223. The van der Waals surface area contributed by atoms with Gasteiger partial charge in [-0.05, 0) is 19.3 Å². The molecule has 82 valence electrons. The molecular weight excluding hydrogens is 199 g/mol. The molecule has 0 saturated heterocycles. The summed E-state index contributed by atoms with van der Waals surface area (Å²) in [6.07, 6.45) is -2.72. The van der Waals surface area contributed by atoms with Crippen molar-refractivity contribution in [3.8, 4) is 0 Å². The second-order valence-electron chi connectivity index (χ2n) is 3.40. The van der Waals surface area contributed by atoms with Gasteiger partial charge in [0, 0.05) is 0 Å². The molecule has 1 aliphatic carbocycles. The van der Waals surface area contributed by atoms with Crippen molar-refractivity contribution in [2.45, 2.75) is 31.0 Å². The Morgan fingerprint density at radius 3 is 2.36 bits per heavy atom. The number of ether oxygens (including phenoxy) is 1. The van der Waals surface area contributed by atoms with Crippen LogP contribution < -0.4 is 5.32 Å². The zero-order valence-corrected chi connectivity index (χ0v) is 7.78. The molecule has 1 N–H and O–H groups in total. The minimum Gasteiger partial charge on any atom is -0.468 e. The van der Waals surface area contributed by atoms with Crippen molar-refractivity contribution in [3.63, 3.8) is 0 Å². The Balaban J connectivity index is 2.50. The second-order valence-corrected chi connectivity index (χ2v) is 3.40. The molecule has 1 rings (SSSR count). The molecule has 0 aromatic heterocycles. The van der Waals surface area contributed by atoms with E-state index in [1.807, 2.05) is 0 Å². The summed E-state index contributed by atoms with van der Waals surface area (Å²) in [5.74, 6) is -0.604. The van der Waals surface area contributed by atoms with Crippen molar-refractivity contribution in [2.75, 3.05) is 13.7 Å². The predicted molar refractivity (Wildman–Crippen MR) is 42.7 cm³/mol. The minimum absolute atomic E-state index is 0.412. The first kappa shape index (κ1) is 11.3. The summed E-state index contributed by atoms with van der Waals surface area (Å²) in [4.78, 5) is 11.2. The molecule has 0 heterocycles. The first-order chi connectivity index (χ1) is 6.40. The molecule has 0 aromatic carbocycles. The van der Waals surface area contributed by atoms with Crippen molar-refractivity contribution < 1.29 is 22.7 Å². The van der Waals surface area contributed by atoms with Crippen LogP contribution >= 0.6 is 0 Å². The van der Waals surface area contributed by atoms with Gasteiger partial charge in [-0.2, -0.15) is 13.2 Å². The van der Waals surface area contributed by atoms with Crippen LogP contribution in [-0.4, -0.2) is 31.3 Å². The Labute approximate surface area is 79.6 Å². The number of esters is 1. The number of hydrogen-bond acceptors (Lipinski definition) is 3. The second kappa shape index (κ2) is 3.76. The Morgan fingerprint density at radius 1 is 1.50 bits per heavy atom. The highest BCUT2D eigenvalue weighted by atomic mass is 19.4. The lowest BCUT2D eigenvalue weighted by molar-refractivity contribution is -0.158. The van der Waals surface area contributed by atoms with Crippen LogP contribution in [0, 0.1) is 0 Å². The highest BCUT2D eigenvalue weighted by molar-refractivity contribution is 5.81. The monoisotopic (exact) mass is 211 g/mol. The highest BCUT2D eigenvalue weighted by Gasteiger charge is 2.47. The van der Waals surface area contributed by atoms with Crippen LogP contribution in [0.15, 0.2) is 0 Å². The quantitative estimate of drug-likeness (QED) is 0.713. The number of rotatable bonds is 3. The van der Waals surface area contributed by atoms with Gasteiger partial charge in [0.05, 0.1) is 13.7 Å². The molecular formula is C8H12F3NO2. The fourth-order valence-electron chi connectivity index (χ4n) is 1.45. The topological polar surface area (TPSA) is 38.3 Å². The molecule has 0 spiro atoms. The van der Waals surface area contributed by atoms with Crippen LogP contribution in [0.5, 0.6) is 0 Å². The van der Waals surface area contributed by atoms with E-state index in [1.54, 1.807) is 0 Å². The van der Waals surface area contributed by atoms with Crippen molar-refractivity contribution in [1.82, 2.24) is 5.32 Å². The van der Waals surface area contributed by atoms with Crippen LogP contribution in [0.3, 0.4) is 0 Å². The summed E-state index contributed by atoms with van der Waals surface area (Å²) < 4.78 is 40.2. The van der Waals surface area contributed by atoms with E-state index < -0.39 is 24.2 Å². The summed E-state index contributed by atoms with van der Waals surface area (Å²) in [6.45, 7) is -1.15. The van der Waals surface area contributed by atoms with Gasteiger partial charge in [0.15, 0.2) is 0 Å². The normalized spacial score (nSPS) is 20.0. The van der Waals surface area contributed by atoms with E-state index in [4.69, 9.17) is 0 Å². The lowest BCUT2D eigenvalue weighted by atomic mass is 9.76. The van der Waals surface area contributed by atoms with Crippen LogP contribution in [0.1, 0.15) is 19.3 Å². The van der Waals surface area contributed by atoms with Crippen molar-refractivity contribution >= 4 is 5.97 Å². The Morgan fingerprint density at radius 2 is 2.07 bits per heavy atom.